The minimum absolute atomic E-state index is 0.373. The summed E-state index contributed by atoms with van der Waals surface area (Å²) in [5.41, 5.74) is 1.93. The fraction of sp³-hybridized carbons (Fsp3) is 0.556. The molecular formula is C18H21N3O. The lowest BCUT2D eigenvalue weighted by Gasteiger charge is -2.53. The molecule has 0 N–H and O–H groups in total. The van der Waals surface area contributed by atoms with Crippen LogP contribution in [0.1, 0.15) is 31.2 Å². The van der Waals surface area contributed by atoms with Crippen LogP contribution in [0.15, 0.2) is 24.3 Å². The molecule has 3 heterocycles. The second kappa shape index (κ2) is 5.31. The molecule has 114 valence electrons. The van der Waals surface area contributed by atoms with E-state index in [1.54, 1.807) is 0 Å². The van der Waals surface area contributed by atoms with Gasteiger partial charge >= 0.3 is 0 Å². The van der Waals surface area contributed by atoms with Gasteiger partial charge in [-0.05, 0) is 55.4 Å². The molecule has 3 atom stereocenters. The van der Waals surface area contributed by atoms with Crippen LogP contribution < -0.4 is 4.90 Å². The van der Waals surface area contributed by atoms with Crippen molar-refractivity contribution >= 4 is 11.6 Å². The van der Waals surface area contributed by atoms with Crippen LogP contribution in [0.3, 0.4) is 0 Å². The standard InChI is InChI=1S/C18H21N3O/c19-9-13-4-6-16(7-5-13)20-10-14-8-15(12-20)17-2-1-3-18(22)21(17)11-14/h4-7,14-15,17H,1-3,8,10-12H2/t14-,15-,17-/m0/s1. The number of anilines is 1. The molecule has 2 bridgehead atoms. The number of hydrogen-bond acceptors (Lipinski definition) is 3. The smallest absolute Gasteiger partial charge is 0.222 e. The Morgan fingerprint density at radius 2 is 1.95 bits per heavy atom. The monoisotopic (exact) mass is 295 g/mol. The number of piperidine rings is 3. The van der Waals surface area contributed by atoms with Gasteiger partial charge in [0, 0.05) is 37.8 Å². The molecule has 4 heteroatoms. The molecule has 0 radical (unpaired) electrons. The Morgan fingerprint density at radius 3 is 2.73 bits per heavy atom. The molecule has 1 aromatic rings. The highest BCUT2D eigenvalue weighted by Gasteiger charge is 2.43. The van der Waals surface area contributed by atoms with Crippen LogP contribution >= 0.6 is 0 Å². The van der Waals surface area contributed by atoms with Crippen molar-refractivity contribution in [2.24, 2.45) is 11.8 Å². The van der Waals surface area contributed by atoms with E-state index in [-0.39, 0.29) is 0 Å². The topological polar surface area (TPSA) is 47.3 Å². The van der Waals surface area contributed by atoms with Gasteiger partial charge in [0.05, 0.1) is 11.6 Å². The third-order valence-electron chi connectivity index (χ3n) is 5.54. The van der Waals surface area contributed by atoms with Crippen LogP contribution in [0.4, 0.5) is 5.69 Å². The van der Waals surface area contributed by atoms with E-state index in [2.05, 4.69) is 28.0 Å². The molecule has 0 unspecified atom stereocenters. The molecule has 3 fully saturated rings. The minimum Gasteiger partial charge on any atom is -0.371 e. The van der Waals surface area contributed by atoms with Gasteiger partial charge in [0.2, 0.25) is 5.91 Å². The lowest BCUT2D eigenvalue weighted by atomic mass is 9.76. The van der Waals surface area contributed by atoms with Gasteiger partial charge in [-0.15, -0.1) is 0 Å². The summed E-state index contributed by atoms with van der Waals surface area (Å²) in [5, 5.41) is 8.92. The predicted octanol–water partition coefficient (Wildman–Crippen LogP) is 2.40. The zero-order chi connectivity index (χ0) is 15.1. The zero-order valence-electron chi connectivity index (χ0n) is 12.7. The quantitative estimate of drug-likeness (QED) is 0.799. The SMILES string of the molecule is N#Cc1ccc(N2C[C@@H]3C[C@@H](C2)[C@@H]2CCCC(=O)N2C3)cc1. The van der Waals surface area contributed by atoms with Crippen LogP contribution in [-0.4, -0.2) is 36.5 Å². The van der Waals surface area contributed by atoms with Crippen molar-refractivity contribution in [2.75, 3.05) is 24.5 Å². The van der Waals surface area contributed by atoms with E-state index < -0.39 is 0 Å². The maximum Gasteiger partial charge on any atom is 0.222 e. The van der Waals surface area contributed by atoms with Crippen molar-refractivity contribution in [1.82, 2.24) is 4.90 Å². The number of fused-ring (bicyclic) bond motifs is 4. The first kappa shape index (κ1) is 13.6. The number of benzene rings is 1. The second-order valence-corrected chi connectivity index (χ2v) is 6.93. The molecule has 22 heavy (non-hydrogen) atoms. The molecular weight excluding hydrogens is 274 g/mol. The number of nitrogens with zero attached hydrogens (tertiary/aromatic N) is 3. The van der Waals surface area contributed by atoms with E-state index in [1.165, 1.54) is 18.5 Å². The van der Waals surface area contributed by atoms with Crippen LogP contribution in [0, 0.1) is 23.2 Å². The molecule has 0 spiro atoms. The fourth-order valence-electron chi connectivity index (χ4n) is 4.57. The number of nitriles is 1. The fourth-order valence-corrected chi connectivity index (χ4v) is 4.57. The van der Waals surface area contributed by atoms with Gasteiger partial charge in [-0.25, -0.2) is 0 Å². The third-order valence-corrected chi connectivity index (χ3v) is 5.54. The molecule has 0 saturated carbocycles. The molecule has 0 aromatic heterocycles. The Balaban J connectivity index is 1.54. The van der Waals surface area contributed by atoms with Gasteiger partial charge in [-0.2, -0.15) is 5.26 Å². The van der Waals surface area contributed by atoms with Crippen LogP contribution in [0.5, 0.6) is 0 Å². The van der Waals surface area contributed by atoms with Crippen molar-refractivity contribution in [2.45, 2.75) is 31.7 Å². The molecule has 3 aliphatic rings. The molecule has 3 saturated heterocycles. The summed E-state index contributed by atoms with van der Waals surface area (Å²) >= 11 is 0. The highest BCUT2D eigenvalue weighted by molar-refractivity contribution is 5.77. The number of amides is 1. The third kappa shape index (κ3) is 2.25. The Hall–Kier alpha value is -2.02. The van der Waals surface area contributed by atoms with E-state index in [9.17, 15) is 4.79 Å². The van der Waals surface area contributed by atoms with E-state index in [1.807, 2.05) is 12.1 Å². The minimum atomic E-state index is 0.373. The average molecular weight is 295 g/mol. The Bertz CT molecular complexity index is 618. The molecule has 1 aromatic carbocycles. The van der Waals surface area contributed by atoms with Gasteiger partial charge < -0.3 is 9.80 Å². The van der Waals surface area contributed by atoms with Crippen molar-refractivity contribution in [1.29, 1.82) is 5.26 Å². The van der Waals surface area contributed by atoms with E-state index in [0.29, 0.717) is 29.3 Å². The summed E-state index contributed by atoms with van der Waals surface area (Å²) in [5.74, 6) is 1.57. The maximum absolute atomic E-state index is 12.2. The summed E-state index contributed by atoms with van der Waals surface area (Å²) < 4.78 is 0. The first-order valence-corrected chi connectivity index (χ1v) is 8.29. The van der Waals surface area contributed by atoms with Gasteiger partial charge in [-0.1, -0.05) is 0 Å². The molecule has 4 nitrogen and oxygen atoms in total. The summed E-state index contributed by atoms with van der Waals surface area (Å²) in [6.07, 6.45) is 4.23. The Labute approximate surface area is 131 Å². The second-order valence-electron chi connectivity index (χ2n) is 6.93. The highest BCUT2D eigenvalue weighted by Crippen LogP contribution is 2.39. The van der Waals surface area contributed by atoms with E-state index in [4.69, 9.17) is 5.26 Å². The number of carbonyl (C=O) groups excluding carboxylic acids is 1. The van der Waals surface area contributed by atoms with Gasteiger partial charge in [0.25, 0.3) is 0 Å². The van der Waals surface area contributed by atoms with Crippen molar-refractivity contribution in [3.63, 3.8) is 0 Å². The average Bonchev–Trinajstić information content (AvgIpc) is 2.56. The molecule has 4 rings (SSSR count). The summed E-state index contributed by atoms with van der Waals surface area (Å²) in [6.45, 7) is 3.00. The largest absolute Gasteiger partial charge is 0.371 e. The zero-order valence-corrected chi connectivity index (χ0v) is 12.7. The normalized spacial score (nSPS) is 30.7. The van der Waals surface area contributed by atoms with Crippen molar-refractivity contribution in [3.8, 4) is 6.07 Å². The molecule has 1 amide bonds. The number of carbonyl (C=O) groups is 1. The van der Waals surface area contributed by atoms with Crippen LogP contribution in [0.25, 0.3) is 0 Å². The molecule has 3 aliphatic heterocycles. The summed E-state index contributed by atoms with van der Waals surface area (Å²) in [6, 6.07) is 10.5. The lowest BCUT2D eigenvalue weighted by Crippen LogP contribution is -2.60. The predicted molar refractivity (Wildman–Crippen MR) is 84.3 cm³/mol. The summed E-state index contributed by atoms with van der Waals surface area (Å²) in [7, 11) is 0. The Morgan fingerprint density at radius 1 is 1.14 bits per heavy atom. The lowest BCUT2D eigenvalue weighted by molar-refractivity contribution is -0.142. The van der Waals surface area contributed by atoms with E-state index in [0.717, 1.165) is 32.5 Å². The summed E-state index contributed by atoms with van der Waals surface area (Å²) in [4.78, 5) is 16.8. The first-order valence-electron chi connectivity index (χ1n) is 8.29. The first-order chi connectivity index (χ1) is 10.7. The van der Waals surface area contributed by atoms with Gasteiger partial charge in [0.15, 0.2) is 0 Å². The van der Waals surface area contributed by atoms with E-state index >= 15 is 0 Å². The Kier molecular flexibility index (Phi) is 3.29. The number of rotatable bonds is 1. The van der Waals surface area contributed by atoms with Gasteiger partial charge in [0.1, 0.15) is 0 Å². The van der Waals surface area contributed by atoms with Gasteiger partial charge in [-0.3, -0.25) is 4.79 Å². The van der Waals surface area contributed by atoms with Crippen LogP contribution in [-0.2, 0) is 4.79 Å². The number of hydrogen-bond donors (Lipinski definition) is 0. The van der Waals surface area contributed by atoms with Crippen molar-refractivity contribution < 1.29 is 4.79 Å². The molecule has 0 aliphatic carbocycles. The highest BCUT2D eigenvalue weighted by atomic mass is 16.2. The van der Waals surface area contributed by atoms with Crippen molar-refractivity contribution in [3.05, 3.63) is 29.8 Å². The maximum atomic E-state index is 12.2. The van der Waals surface area contributed by atoms with Crippen LogP contribution in [0.2, 0.25) is 0 Å².